The molecule has 9 heteroatoms. The van der Waals surface area contributed by atoms with E-state index in [9.17, 15) is 10.1 Å². The van der Waals surface area contributed by atoms with Gasteiger partial charge in [-0.3, -0.25) is 15.5 Å². The Kier molecular flexibility index (Phi) is 4.40. The molecule has 1 aliphatic rings. The minimum atomic E-state index is -0.495. The number of hydrogen-bond donors (Lipinski definition) is 1. The van der Waals surface area contributed by atoms with Gasteiger partial charge in [0.25, 0.3) is 5.69 Å². The Hall–Kier alpha value is -3.88. The SMILES string of the molecule is Cc1cc(/C=N/Nc2ccc([N+](=O)[O-])cn2)c(C)n1-c1ccc2c(c1)OCO2. The lowest BCUT2D eigenvalue weighted by molar-refractivity contribution is -0.385. The van der Waals surface area contributed by atoms with Crippen LogP contribution in [0.3, 0.4) is 0 Å². The molecular weight excluding hydrogens is 362 g/mol. The Morgan fingerprint density at radius 3 is 2.79 bits per heavy atom. The molecular formula is C19H17N5O4. The van der Waals surface area contributed by atoms with Crippen LogP contribution in [0.1, 0.15) is 17.0 Å². The van der Waals surface area contributed by atoms with Crippen LogP contribution in [0.25, 0.3) is 5.69 Å². The van der Waals surface area contributed by atoms with Crippen molar-refractivity contribution in [1.29, 1.82) is 0 Å². The molecule has 3 aromatic rings. The van der Waals surface area contributed by atoms with Gasteiger partial charge in [-0.2, -0.15) is 5.10 Å². The van der Waals surface area contributed by atoms with E-state index in [2.05, 4.69) is 20.1 Å². The number of nitro groups is 1. The Bertz CT molecular complexity index is 1070. The maximum absolute atomic E-state index is 10.7. The van der Waals surface area contributed by atoms with Gasteiger partial charge in [-0.1, -0.05) is 0 Å². The summed E-state index contributed by atoms with van der Waals surface area (Å²) in [6.07, 6.45) is 2.87. The molecule has 0 atom stereocenters. The monoisotopic (exact) mass is 379 g/mol. The minimum absolute atomic E-state index is 0.0678. The van der Waals surface area contributed by atoms with Gasteiger partial charge in [0.1, 0.15) is 12.0 Å². The van der Waals surface area contributed by atoms with Crippen molar-refractivity contribution >= 4 is 17.7 Å². The highest BCUT2D eigenvalue weighted by atomic mass is 16.7. The van der Waals surface area contributed by atoms with E-state index >= 15 is 0 Å². The predicted molar refractivity (Wildman–Crippen MR) is 103 cm³/mol. The zero-order chi connectivity index (χ0) is 19.7. The number of nitrogens with one attached hydrogen (secondary N) is 1. The average molecular weight is 379 g/mol. The first-order valence-corrected chi connectivity index (χ1v) is 8.51. The van der Waals surface area contributed by atoms with Crippen molar-refractivity contribution in [1.82, 2.24) is 9.55 Å². The first kappa shape index (κ1) is 17.5. The third kappa shape index (κ3) is 3.25. The maximum Gasteiger partial charge on any atom is 0.287 e. The van der Waals surface area contributed by atoms with Crippen molar-refractivity contribution in [2.45, 2.75) is 13.8 Å². The zero-order valence-corrected chi connectivity index (χ0v) is 15.2. The number of ether oxygens (including phenoxy) is 2. The van der Waals surface area contributed by atoms with Crippen LogP contribution in [0.2, 0.25) is 0 Å². The van der Waals surface area contributed by atoms with Crippen molar-refractivity contribution in [3.05, 3.63) is 69.7 Å². The molecule has 0 unspecified atom stereocenters. The van der Waals surface area contributed by atoms with Crippen molar-refractivity contribution in [3.8, 4) is 17.2 Å². The fourth-order valence-corrected chi connectivity index (χ4v) is 3.07. The second-order valence-corrected chi connectivity index (χ2v) is 6.23. The van der Waals surface area contributed by atoms with Crippen LogP contribution >= 0.6 is 0 Å². The summed E-state index contributed by atoms with van der Waals surface area (Å²) in [6.45, 7) is 4.26. The normalized spacial score (nSPS) is 12.5. The van der Waals surface area contributed by atoms with E-state index in [4.69, 9.17) is 9.47 Å². The van der Waals surface area contributed by atoms with E-state index in [0.717, 1.165) is 34.1 Å². The van der Waals surface area contributed by atoms with E-state index in [1.54, 1.807) is 6.21 Å². The van der Waals surface area contributed by atoms with Crippen molar-refractivity contribution in [3.63, 3.8) is 0 Å². The number of benzene rings is 1. The fourth-order valence-electron chi connectivity index (χ4n) is 3.07. The molecule has 9 nitrogen and oxygen atoms in total. The van der Waals surface area contributed by atoms with E-state index < -0.39 is 4.92 Å². The molecule has 0 aliphatic carbocycles. The molecule has 28 heavy (non-hydrogen) atoms. The number of pyridine rings is 1. The molecule has 3 heterocycles. The molecule has 1 N–H and O–H groups in total. The molecule has 0 spiro atoms. The Labute approximate surface area is 160 Å². The van der Waals surface area contributed by atoms with Crippen LogP contribution in [-0.2, 0) is 0 Å². The van der Waals surface area contributed by atoms with Crippen molar-refractivity contribution in [2.75, 3.05) is 12.2 Å². The summed E-state index contributed by atoms with van der Waals surface area (Å²) in [6, 6.07) is 10.7. The summed E-state index contributed by atoms with van der Waals surface area (Å²) in [4.78, 5) is 14.1. The molecule has 0 saturated carbocycles. The lowest BCUT2D eigenvalue weighted by Gasteiger charge is -2.10. The molecule has 0 fully saturated rings. The summed E-state index contributed by atoms with van der Waals surface area (Å²) >= 11 is 0. The third-order valence-corrected chi connectivity index (χ3v) is 4.43. The first-order chi connectivity index (χ1) is 13.5. The lowest BCUT2D eigenvalue weighted by Crippen LogP contribution is -2.00. The number of rotatable bonds is 5. The summed E-state index contributed by atoms with van der Waals surface area (Å²) in [5.74, 6) is 1.89. The van der Waals surface area contributed by atoms with Crippen LogP contribution in [0.4, 0.5) is 11.5 Å². The van der Waals surface area contributed by atoms with E-state index in [-0.39, 0.29) is 12.5 Å². The number of hydrogen-bond acceptors (Lipinski definition) is 7. The van der Waals surface area contributed by atoms with E-state index in [1.165, 1.54) is 18.3 Å². The minimum Gasteiger partial charge on any atom is -0.454 e. The van der Waals surface area contributed by atoms with Crippen LogP contribution in [0, 0.1) is 24.0 Å². The lowest BCUT2D eigenvalue weighted by atomic mass is 10.2. The quantitative estimate of drug-likeness (QED) is 0.413. The van der Waals surface area contributed by atoms with Gasteiger partial charge in [-0.25, -0.2) is 4.98 Å². The van der Waals surface area contributed by atoms with Crippen LogP contribution in [0.15, 0.2) is 47.7 Å². The number of nitrogens with zero attached hydrogens (tertiary/aromatic N) is 4. The largest absolute Gasteiger partial charge is 0.454 e. The van der Waals surface area contributed by atoms with Gasteiger partial charge >= 0.3 is 0 Å². The summed E-state index contributed by atoms with van der Waals surface area (Å²) in [5.41, 5.74) is 6.68. The molecule has 142 valence electrons. The number of aromatic nitrogens is 2. The Balaban J connectivity index is 1.54. The highest BCUT2D eigenvalue weighted by molar-refractivity contribution is 5.82. The fraction of sp³-hybridized carbons (Fsp3) is 0.158. The first-order valence-electron chi connectivity index (χ1n) is 8.51. The Morgan fingerprint density at radius 1 is 1.21 bits per heavy atom. The molecule has 0 amide bonds. The number of fused-ring (bicyclic) bond motifs is 1. The summed E-state index contributed by atoms with van der Waals surface area (Å²) in [7, 11) is 0. The third-order valence-electron chi connectivity index (χ3n) is 4.43. The van der Waals surface area contributed by atoms with Gasteiger partial charge in [-0.15, -0.1) is 0 Å². The Morgan fingerprint density at radius 2 is 2.04 bits per heavy atom. The topological polar surface area (TPSA) is 104 Å². The van der Waals surface area contributed by atoms with Crippen molar-refractivity contribution < 1.29 is 14.4 Å². The second kappa shape index (κ2) is 7.03. The van der Waals surface area contributed by atoms with E-state index in [1.807, 2.05) is 38.1 Å². The summed E-state index contributed by atoms with van der Waals surface area (Å²) < 4.78 is 12.9. The van der Waals surface area contributed by atoms with Crippen molar-refractivity contribution in [2.24, 2.45) is 5.10 Å². The number of hydrazone groups is 1. The van der Waals surface area contributed by atoms with Crippen LogP contribution in [-0.4, -0.2) is 27.5 Å². The van der Waals surface area contributed by atoms with Gasteiger partial charge in [-0.05, 0) is 38.1 Å². The number of anilines is 1. The molecule has 0 bridgehead atoms. The zero-order valence-electron chi connectivity index (χ0n) is 15.2. The highest BCUT2D eigenvalue weighted by Gasteiger charge is 2.16. The molecule has 2 aromatic heterocycles. The van der Waals surface area contributed by atoms with Crippen LogP contribution < -0.4 is 14.9 Å². The maximum atomic E-state index is 10.7. The standard InChI is InChI=1S/C19H17N5O4/c1-12-7-14(9-21-22-19-6-4-16(10-20-19)24(25)26)13(2)23(12)15-3-5-17-18(8-15)28-11-27-17/h3-10H,11H2,1-2H3,(H,20,22)/b21-9+. The van der Waals surface area contributed by atoms with E-state index in [0.29, 0.717) is 5.82 Å². The molecule has 0 radical (unpaired) electrons. The van der Waals surface area contributed by atoms with Crippen LogP contribution in [0.5, 0.6) is 11.5 Å². The smallest absolute Gasteiger partial charge is 0.287 e. The predicted octanol–water partition coefficient (Wildman–Crippen LogP) is 3.57. The highest BCUT2D eigenvalue weighted by Crippen LogP contribution is 2.34. The molecule has 1 aliphatic heterocycles. The second-order valence-electron chi connectivity index (χ2n) is 6.23. The van der Waals surface area contributed by atoms with Gasteiger partial charge in [0, 0.05) is 34.8 Å². The molecule has 4 rings (SSSR count). The van der Waals surface area contributed by atoms with Gasteiger partial charge in [0.15, 0.2) is 11.5 Å². The number of aryl methyl sites for hydroxylation is 1. The average Bonchev–Trinajstić information content (AvgIpc) is 3.26. The molecule has 1 aromatic carbocycles. The van der Waals surface area contributed by atoms with Gasteiger partial charge in [0.05, 0.1) is 11.1 Å². The van der Waals surface area contributed by atoms with Gasteiger partial charge in [0.2, 0.25) is 6.79 Å². The molecule has 0 saturated heterocycles. The van der Waals surface area contributed by atoms with Gasteiger partial charge < -0.3 is 14.0 Å². The summed E-state index contributed by atoms with van der Waals surface area (Å²) in [5, 5.41) is 14.8.